The van der Waals surface area contributed by atoms with Gasteiger partial charge in [-0.2, -0.15) is 0 Å². The topological polar surface area (TPSA) is 61.4 Å². The molecule has 0 aromatic carbocycles. The van der Waals surface area contributed by atoms with Crippen LogP contribution in [0.2, 0.25) is 0 Å². The van der Waals surface area contributed by atoms with E-state index >= 15 is 0 Å². The number of halogens is 1. The van der Waals surface area contributed by atoms with Crippen LogP contribution in [0.5, 0.6) is 0 Å². The van der Waals surface area contributed by atoms with Gasteiger partial charge in [0.1, 0.15) is 0 Å². The van der Waals surface area contributed by atoms with Crippen molar-refractivity contribution in [1.82, 2.24) is 15.5 Å². The van der Waals surface area contributed by atoms with Crippen molar-refractivity contribution in [3.8, 4) is 0 Å². The summed E-state index contributed by atoms with van der Waals surface area (Å²) < 4.78 is 0. The lowest BCUT2D eigenvalue weighted by atomic mass is 9.93. The summed E-state index contributed by atoms with van der Waals surface area (Å²) in [7, 11) is 1.87. The predicted octanol–water partition coefficient (Wildman–Crippen LogP) is 1.66. The number of nitrogens with one attached hydrogen (secondary N) is 2. The van der Waals surface area contributed by atoms with E-state index in [-0.39, 0.29) is 35.6 Å². The first-order valence-corrected chi connectivity index (χ1v) is 7.97. The number of amides is 2. The standard InChI is InChI=1S/C16H31N3O2.ClH/c1-12(9-17-5)14(20)19-8-6-7-13(11-19)10-18-15(21)16(2,3)4;/h12-13,17H,6-11H2,1-5H3,(H,18,21);1H. The SMILES string of the molecule is CNCC(C)C(=O)N1CCCC(CNC(=O)C(C)(C)C)C1.Cl. The highest BCUT2D eigenvalue weighted by atomic mass is 35.5. The van der Waals surface area contributed by atoms with E-state index in [1.54, 1.807) is 0 Å². The molecule has 2 N–H and O–H groups in total. The van der Waals surface area contributed by atoms with Crippen molar-refractivity contribution in [3.63, 3.8) is 0 Å². The Morgan fingerprint density at radius 2 is 1.95 bits per heavy atom. The van der Waals surface area contributed by atoms with E-state index in [2.05, 4.69) is 10.6 Å². The summed E-state index contributed by atoms with van der Waals surface area (Å²) in [6, 6.07) is 0. The van der Waals surface area contributed by atoms with Gasteiger partial charge in [0.05, 0.1) is 0 Å². The van der Waals surface area contributed by atoms with Crippen LogP contribution in [0, 0.1) is 17.3 Å². The molecule has 1 saturated heterocycles. The summed E-state index contributed by atoms with van der Waals surface area (Å²) in [4.78, 5) is 26.2. The zero-order chi connectivity index (χ0) is 16.0. The third-order valence-corrected chi connectivity index (χ3v) is 4.00. The minimum Gasteiger partial charge on any atom is -0.355 e. The van der Waals surface area contributed by atoms with Crippen LogP contribution in [0.25, 0.3) is 0 Å². The molecule has 0 saturated carbocycles. The fraction of sp³-hybridized carbons (Fsp3) is 0.875. The molecule has 1 rings (SSSR count). The first-order chi connectivity index (χ1) is 9.75. The van der Waals surface area contributed by atoms with Crippen LogP contribution in [0.4, 0.5) is 0 Å². The molecule has 2 atom stereocenters. The Labute approximate surface area is 141 Å². The van der Waals surface area contributed by atoms with E-state index < -0.39 is 0 Å². The van der Waals surface area contributed by atoms with Crippen LogP contribution in [0.3, 0.4) is 0 Å². The second-order valence-corrected chi connectivity index (χ2v) is 7.21. The Morgan fingerprint density at radius 3 is 2.50 bits per heavy atom. The molecule has 1 fully saturated rings. The highest BCUT2D eigenvalue weighted by Gasteiger charge is 2.28. The number of hydrogen-bond donors (Lipinski definition) is 2. The van der Waals surface area contributed by atoms with Gasteiger partial charge in [-0.25, -0.2) is 0 Å². The van der Waals surface area contributed by atoms with E-state index in [0.29, 0.717) is 19.0 Å². The first kappa shape index (κ1) is 21.2. The van der Waals surface area contributed by atoms with Gasteiger partial charge >= 0.3 is 0 Å². The first-order valence-electron chi connectivity index (χ1n) is 7.97. The number of hydrogen-bond acceptors (Lipinski definition) is 3. The second-order valence-electron chi connectivity index (χ2n) is 7.21. The van der Waals surface area contributed by atoms with Gasteiger partial charge in [0, 0.05) is 37.5 Å². The van der Waals surface area contributed by atoms with Crippen molar-refractivity contribution < 1.29 is 9.59 Å². The maximum absolute atomic E-state index is 12.3. The second kappa shape index (κ2) is 9.36. The fourth-order valence-electron chi connectivity index (χ4n) is 2.64. The number of rotatable bonds is 5. The molecule has 0 aliphatic carbocycles. The minimum atomic E-state index is -0.356. The van der Waals surface area contributed by atoms with Gasteiger partial charge in [-0.1, -0.05) is 27.7 Å². The number of likely N-dealkylation sites (tertiary alicyclic amines) is 1. The van der Waals surface area contributed by atoms with Crippen molar-refractivity contribution in [2.75, 3.05) is 33.2 Å². The molecule has 0 aromatic heterocycles. The van der Waals surface area contributed by atoms with E-state index in [1.165, 1.54) is 0 Å². The zero-order valence-corrected chi connectivity index (χ0v) is 15.4. The summed E-state index contributed by atoms with van der Waals surface area (Å²) in [5, 5.41) is 6.07. The molecule has 0 spiro atoms. The lowest BCUT2D eigenvalue weighted by Crippen LogP contribution is -2.47. The number of nitrogens with zero attached hydrogens (tertiary/aromatic N) is 1. The normalized spacial score (nSPS) is 20.0. The molecule has 6 heteroatoms. The Hall–Kier alpha value is -0.810. The summed E-state index contributed by atoms with van der Waals surface area (Å²) in [6.45, 7) is 10.7. The summed E-state index contributed by atoms with van der Waals surface area (Å²) in [5.74, 6) is 0.680. The Balaban J connectivity index is 0.00000441. The minimum absolute atomic E-state index is 0. The van der Waals surface area contributed by atoms with Crippen LogP contribution in [0.1, 0.15) is 40.5 Å². The highest BCUT2D eigenvalue weighted by Crippen LogP contribution is 2.19. The molecule has 130 valence electrons. The molecule has 0 aromatic rings. The van der Waals surface area contributed by atoms with E-state index in [0.717, 1.165) is 25.9 Å². The lowest BCUT2D eigenvalue weighted by molar-refractivity contribution is -0.136. The molecule has 0 bridgehead atoms. The van der Waals surface area contributed by atoms with Crippen LogP contribution >= 0.6 is 12.4 Å². The van der Waals surface area contributed by atoms with Crippen LogP contribution in [-0.2, 0) is 9.59 Å². The summed E-state index contributed by atoms with van der Waals surface area (Å²) in [5.41, 5.74) is -0.356. The Kier molecular flexibility index (Phi) is 9.01. The average molecular weight is 334 g/mol. The van der Waals surface area contributed by atoms with Crippen LogP contribution in [-0.4, -0.2) is 49.9 Å². The van der Waals surface area contributed by atoms with Crippen LogP contribution < -0.4 is 10.6 Å². The van der Waals surface area contributed by atoms with Crippen molar-refractivity contribution in [2.45, 2.75) is 40.5 Å². The molecule has 1 aliphatic rings. The fourth-order valence-corrected chi connectivity index (χ4v) is 2.64. The van der Waals surface area contributed by atoms with Gasteiger partial charge in [0.25, 0.3) is 0 Å². The van der Waals surface area contributed by atoms with Crippen molar-refractivity contribution >= 4 is 24.2 Å². The quantitative estimate of drug-likeness (QED) is 0.804. The molecule has 1 aliphatic heterocycles. The molecular formula is C16H32ClN3O2. The van der Waals surface area contributed by atoms with E-state index in [9.17, 15) is 9.59 Å². The highest BCUT2D eigenvalue weighted by molar-refractivity contribution is 5.85. The van der Waals surface area contributed by atoms with Gasteiger partial charge in [-0.3, -0.25) is 9.59 Å². The molecule has 2 unspecified atom stereocenters. The number of piperidine rings is 1. The Bertz CT molecular complexity index is 369. The van der Waals surface area contributed by atoms with Gasteiger partial charge in [0.2, 0.25) is 11.8 Å². The van der Waals surface area contributed by atoms with Crippen LogP contribution in [0.15, 0.2) is 0 Å². The van der Waals surface area contributed by atoms with Gasteiger partial charge in [0.15, 0.2) is 0 Å². The largest absolute Gasteiger partial charge is 0.355 e. The maximum atomic E-state index is 12.3. The van der Waals surface area contributed by atoms with Crippen molar-refractivity contribution in [3.05, 3.63) is 0 Å². The van der Waals surface area contributed by atoms with E-state index in [4.69, 9.17) is 0 Å². The molecule has 0 radical (unpaired) electrons. The Morgan fingerprint density at radius 1 is 1.32 bits per heavy atom. The lowest BCUT2D eigenvalue weighted by Gasteiger charge is -2.35. The monoisotopic (exact) mass is 333 g/mol. The average Bonchev–Trinajstić information content (AvgIpc) is 2.43. The number of carbonyl (C=O) groups excluding carboxylic acids is 2. The third-order valence-electron chi connectivity index (χ3n) is 4.00. The summed E-state index contributed by atoms with van der Waals surface area (Å²) in [6.07, 6.45) is 2.10. The predicted molar refractivity (Wildman–Crippen MR) is 92.1 cm³/mol. The number of carbonyl (C=O) groups is 2. The van der Waals surface area contributed by atoms with Gasteiger partial charge in [-0.15, -0.1) is 12.4 Å². The van der Waals surface area contributed by atoms with Crippen molar-refractivity contribution in [2.24, 2.45) is 17.3 Å². The van der Waals surface area contributed by atoms with E-state index in [1.807, 2.05) is 39.6 Å². The molecular weight excluding hydrogens is 302 g/mol. The summed E-state index contributed by atoms with van der Waals surface area (Å²) >= 11 is 0. The zero-order valence-electron chi connectivity index (χ0n) is 14.6. The van der Waals surface area contributed by atoms with Gasteiger partial charge in [-0.05, 0) is 25.8 Å². The molecule has 22 heavy (non-hydrogen) atoms. The molecule has 2 amide bonds. The smallest absolute Gasteiger partial charge is 0.226 e. The molecule has 1 heterocycles. The van der Waals surface area contributed by atoms with Gasteiger partial charge < -0.3 is 15.5 Å². The van der Waals surface area contributed by atoms with Crippen molar-refractivity contribution in [1.29, 1.82) is 0 Å². The molecule has 5 nitrogen and oxygen atoms in total. The maximum Gasteiger partial charge on any atom is 0.226 e. The third kappa shape index (κ3) is 6.53.